The zero-order valence-corrected chi connectivity index (χ0v) is 14.6. The number of nitrogens with one attached hydrogen (secondary N) is 2. The van der Waals surface area contributed by atoms with Crippen LogP contribution >= 0.6 is 0 Å². The van der Waals surface area contributed by atoms with E-state index in [2.05, 4.69) is 20.7 Å². The van der Waals surface area contributed by atoms with Crippen LogP contribution in [0.4, 0.5) is 15.9 Å². The average Bonchev–Trinajstić information content (AvgIpc) is 3.13. The van der Waals surface area contributed by atoms with Crippen LogP contribution in [0.25, 0.3) is 5.65 Å². The summed E-state index contributed by atoms with van der Waals surface area (Å²) in [5.41, 5.74) is 2.25. The number of benzene rings is 2. The van der Waals surface area contributed by atoms with Crippen LogP contribution in [0.2, 0.25) is 0 Å². The highest BCUT2D eigenvalue weighted by Gasteiger charge is 2.14. The molecule has 0 radical (unpaired) electrons. The lowest BCUT2D eigenvalue weighted by Gasteiger charge is -2.08. The molecule has 28 heavy (non-hydrogen) atoms. The Bertz CT molecular complexity index is 1120. The van der Waals surface area contributed by atoms with E-state index in [9.17, 15) is 14.3 Å². The molecule has 0 saturated carbocycles. The van der Waals surface area contributed by atoms with E-state index in [1.54, 1.807) is 36.4 Å². The Hall–Kier alpha value is -3.94. The minimum atomic E-state index is -0.374. The first-order valence-corrected chi connectivity index (χ1v) is 8.52. The molecule has 0 aliphatic rings. The van der Waals surface area contributed by atoms with Gasteiger partial charge < -0.3 is 15.7 Å². The molecule has 1 amide bonds. The number of aromatic nitrogens is 3. The molecule has 2 heterocycles. The van der Waals surface area contributed by atoms with E-state index in [0.717, 1.165) is 5.56 Å². The number of nitrogens with zero attached hydrogens (tertiary/aromatic N) is 3. The first-order chi connectivity index (χ1) is 13.6. The number of amides is 1. The summed E-state index contributed by atoms with van der Waals surface area (Å²) in [6.07, 6.45) is 1.45. The maximum Gasteiger partial charge on any atom is 0.276 e. The van der Waals surface area contributed by atoms with E-state index in [-0.39, 0.29) is 23.2 Å². The lowest BCUT2D eigenvalue weighted by molar-refractivity contribution is 0.102. The zero-order valence-electron chi connectivity index (χ0n) is 14.6. The minimum absolute atomic E-state index is 0.117. The molecule has 7 nitrogen and oxygen atoms in total. The van der Waals surface area contributed by atoms with Gasteiger partial charge in [-0.1, -0.05) is 12.1 Å². The molecule has 140 valence electrons. The normalized spacial score (nSPS) is 10.8. The molecular weight excluding hydrogens is 361 g/mol. The van der Waals surface area contributed by atoms with Gasteiger partial charge in [-0.25, -0.2) is 13.9 Å². The molecule has 2 aromatic heterocycles. The number of halogens is 1. The lowest BCUT2D eigenvalue weighted by atomic mass is 10.2. The molecule has 0 saturated heterocycles. The highest BCUT2D eigenvalue weighted by molar-refractivity contribution is 6.03. The zero-order chi connectivity index (χ0) is 19.5. The number of anilines is 2. The van der Waals surface area contributed by atoms with Crippen LogP contribution in [-0.4, -0.2) is 25.6 Å². The fourth-order valence-electron chi connectivity index (χ4n) is 2.66. The number of imidazole rings is 1. The molecule has 4 aromatic rings. The first kappa shape index (κ1) is 17.5. The summed E-state index contributed by atoms with van der Waals surface area (Å²) in [5, 5.41) is 19.6. The smallest absolute Gasteiger partial charge is 0.276 e. The van der Waals surface area contributed by atoms with Crippen molar-refractivity contribution in [3.8, 4) is 5.75 Å². The highest BCUT2D eigenvalue weighted by Crippen LogP contribution is 2.16. The van der Waals surface area contributed by atoms with Gasteiger partial charge >= 0.3 is 0 Å². The summed E-state index contributed by atoms with van der Waals surface area (Å²) in [7, 11) is 0. The van der Waals surface area contributed by atoms with Crippen LogP contribution in [0.3, 0.4) is 0 Å². The fraction of sp³-hybridized carbons (Fsp3) is 0.0500. The average molecular weight is 377 g/mol. The molecule has 3 N–H and O–H groups in total. The third kappa shape index (κ3) is 3.75. The Morgan fingerprint density at radius 1 is 1.04 bits per heavy atom. The van der Waals surface area contributed by atoms with Gasteiger partial charge in [-0.2, -0.15) is 0 Å². The summed E-state index contributed by atoms with van der Waals surface area (Å²) in [6.45, 7) is 0.461. The van der Waals surface area contributed by atoms with Crippen molar-refractivity contribution in [1.29, 1.82) is 0 Å². The van der Waals surface area contributed by atoms with E-state index >= 15 is 0 Å². The number of hydrogen-bond acceptors (Lipinski definition) is 5. The van der Waals surface area contributed by atoms with Crippen molar-refractivity contribution in [2.45, 2.75) is 6.54 Å². The Morgan fingerprint density at radius 2 is 1.79 bits per heavy atom. The predicted octanol–water partition coefficient (Wildman–Crippen LogP) is 3.44. The number of aromatic hydroxyl groups is 1. The molecule has 4 rings (SSSR count). The Kier molecular flexibility index (Phi) is 4.59. The second-order valence-corrected chi connectivity index (χ2v) is 6.11. The third-order valence-corrected chi connectivity index (χ3v) is 4.11. The van der Waals surface area contributed by atoms with Gasteiger partial charge in [-0.05, 0) is 54.1 Å². The molecule has 0 atom stereocenters. The van der Waals surface area contributed by atoms with Crippen molar-refractivity contribution < 1.29 is 14.3 Å². The molecule has 0 aliphatic heterocycles. The summed E-state index contributed by atoms with van der Waals surface area (Å²) in [4.78, 5) is 16.8. The maximum absolute atomic E-state index is 13.0. The lowest BCUT2D eigenvalue weighted by Crippen LogP contribution is -2.15. The van der Waals surface area contributed by atoms with Gasteiger partial charge in [0.1, 0.15) is 17.4 Å². The van der Waals surface area contributed by atoms with Crippen molar-refractivity contribution >= 4 is 23.1 Å². The molecule has 0 bridgehead atoms. The maximum atomic E-state index is 13.0. The number of carbonyl (C=O) groups excluding carboxylic acids is 1. The summed E-state index contributed by atoms with van der Waals surface area (Å²) >= 11 is 0. The SMILES string of the molecule is O=C(Nc1ccc(O)cc1)c1cnc2ccc(NCc3ccc(F)cc3)nn12. The number of hydrogen-bond donors (Lipinski definition) is 3. The van der Waals surface area contributed by atoms with Gasteiger partial charge in [0.15, 0.2) is 11.3 Å². The third-order valence-electron chi connectivity index (χ3n) is 4.11. The number of fused-ring (bicyclic) bond motifs is 1. The van der Waals surface area contributed by atoms with E-state index in [1.165, 1.54) is 35.0 Å². The van der Waals surface area contributed by atoms with E-state index < -0.39 is 0 Å². The molecule has 0 spiro atoms. The number of rotatable bonds is 5. The van der Waals surface area contributed by atoms with Crippen LogP contribution in [0.15, 0.2) is 66.9 Å². The summed E-state index contributed by atoms with van der Waals surface area (Å²) in [6, 6.07) is 15.8. The van der Waals surface area contributed by atoms with Crippen molar-refractivity contribution in [3.63, 3.8) is 0 Å². The molecule has 0 fully saturated rings. The largest absolute Gasteiger partial charge is 0.508 e. The Morgan fingerprint density at radius 3 is 2.54 bits per heavy atom. The van der Waals surface area contributed by atoms with Crippen molar-refractivity contribution in [3.05, 3.63) is 83.9 Å². The van der Waals surface area contributed by atoms with E-state index in [4.69, 9.17) is 0 Å². The predicted molar refractivity (Wildman–Crippen MR) is 103 cm³/mol. The van der Waals surface area contributed by atoms with Gasteiger partial charge in [0.2, 0.25) is 0 Å². The van der Waals surface area contributed by atoms with Gasteiger partial charge in [0.05, 0.1) is 6.20 Å². The van der Waals surface area contributed by atoms with Gasteiger partial charge in [-0.3, -0.25) is 4.79 Å². The fourth-order valence-corrected chi connectivity index (χ4v) is 2.66. The topological polar surface area (TPSA) is 91.5 Å². The molecular formula is C20H16FN5O2. The summed E-state index contributed by atoms with van der Waals surface area (Å²) < 4.78 is 14.4. The number of carbonyl (C=O) groups is 1. The van der Waals surface area contributed by atoms with E-state index in [0.29, 0.717) is 23.7 Å². The Balaban J connectivity index is 1.52. The van der Waals surface area contributed by atoms with Crippen LogP contribution in [-0.2, 0) is 6.54 Å². The van der Waals surface area contributed by atoms with Gasteiger partial charge in [-0.15, -0.1) is 5.10 Å². The second kappa shape index (κ2) is 7.36. The molecule has 2 aromatic carbocycles. The minimum Gasteiger partial charge on any atom is -0.508 e. The molecule has 0 aliphatic carbocycles. The first-order valence-electron chi connectivity index (χ1n) is 8.52. The van der Waals surface area contributed by atoms with Crippen LogP contribution in [0.1, 0.15) is 16.1 Å². The van der Waals surface area contributed by atoms with Gasteiger partial charge in [0.25, 0.3) is 5.91 Å². The van der Waals surface area contributed by atoms with E-state index in [1.807, 2.05) is 0 Å². The van der Waals surface area contributed by atoms with Crippen molar-refractivity contribution in [2.24, 2.45) is 0 Å². The molecule has 0 unspecified atom stereocenters. The van der Waals surface area contributed by atoms with Crippen LogP contribution < -0.4 is 10.6 Å². The molecule has 8 heteroatoms. The number of phenolic OH excluding ortho intramolecular Hbond substituents is 1. The highest BCUT2D eigenvalue weighted by atomic mass is 19.1. The monoisotopic (exact) mass is 377 g/mol. The summed E-state index contributed by atoms with van der Waals surface area (Å²) in [5.74, 6) is 0.00668. The van der Waals surface area contributed by atoms with Crippen LogP contribution in [0, 0.1) is 5.82 Å². The van der Waals surface area contributed by atoms with Gasteiger partial charge in [0, 0.05) is 12.2 Å². The standard InChI is InChI=1S/C20H16FN5O2/c21-14-3-1-13(2-4-14)11-22-18-9-10-19-23-12-17(26(19)25-18)20(28)24-15-5-7-16(27)8-6-15/h1-10,12,27H,11H2,(H,22,25)(H,24,28). The second-order valence-electron chi connectivity index (χ2n) is 6.11. The van der Waals surface area contributed by atoms with Crippen LogP contribution in [0.5, 0.6) is 5.75 Å². The van der Waals surface area contributed by atoms with Crippen molar-refractivity contribution in [2.75, 3.05) is 10.6 Å². The van der Waals surface area contributed by atoms with Crippen molar-refractivity contribution in [1.82, 2.24) is 14.6 Å². The number of phenols is 1. The Labute approximate surface area is 159 Å². The quantitative estimate of drug-likeness (QED) is 0.464.